The van der Waals surface area contributed by atoms with Crippen molar-refractivity contribution in [1.82, 2.24) is 8.69 Å². The highest BCUT2D eigenvalue weighted by molar-refractivity contribution is 8.22. The molecule has 0 aliphatic carbocycles. The monoisotopic (exact) mass is 298 g/mol. The highest BCUT2D eigenvalue weighted by atomic mass is 32.2. The van der Waals surface area contributed by atoms with Crippen molar-refractivity contribution in [2.75, 3.05) is 18.9 Å². The van der Waals surface area contributed by atoms with Crippen LogP contribution < -0.4 is 0 Å². The lowest BCUT2D eigenvalue weighted by molar-refractivity contribution is -0.139. The van der Waals surface area contributed by atoms with E-state index in [-0.39, 0.29) is 16.6 Å². The lowest BCUT2D eigenvalue weighted by Crippen LogP contribution is -2.14. The second-order valence-electron chi connectivity index (χ2n) is 4.24. The van der Waals surface area contributed by atoms with Crippen LogP contribution >= 0.6 is 22.6 Å². The Labute approximate surface area is 120 Å². The highest BCUT2D eigenvalue weighted by Gasteiger charge is 2.24. The summed E-state index contributed by atoms with van der Waals surface area (Å²) in [6, 6.07) is 5.86. The Hall–Kier alpha value is -0.850. The number of esters is 1. The number of rotatable bonds is 5. The van der Waals surface area contributed by atoms with Crippen LogP contribution in [0.2, 0.25) is 0 Å². The molecular formula is C13H18N2O2S2. The molecule has 2 heterocycles. The molecule has 4 nitrogen and oxygen atoms in total. The quantitative estimate of drug-likeness (QED) is 0.475. The topological polar surface area (TPSA) is 42.4 Å². The first kappa shape index (κ1) is 14.6. The third-order valence-corrected chi connectivity index (χ3v) is 6.05. The van der Waals surface area contributed by atoms with E-state index in [1.165, 1.54) is 0 Å². The van der Waals surface area contributed by atoms with Crippen LogP contribution in [0, 0.1) is 5.92 Å². The van der Waals surface area contributed by atoms with Gasteiger partial charge in [0.25, 0.3) is 0 Å². The van der Waals surface area contributed by atoms with E-state index in [0.29, 0.717) is 18.3 Å². The van der Waals surface area contributed by atoms with E-state index in [1.54, 1.807) is 18.1 Å². The first-order valence-electron chi connectivity index (χ1n) is 6.26. The molecule has 104 valence electrons. The van der Waals surface area contributed by atoms with E-state index in [4.69, 9.17) is 4.74 Å². The van der Waals surface area contributed by atoms with Gasteiger partial charge in [0.05, 0.1) is 6.61 Å². The van der Waals surface area contributed by atoms with Gasteiger partial charge in [0.2, 0.25) is 0 Å². The van der Waals surface area contributed by atoms with Gasteiger partial charge in [-0.2, -0.15) is 3.71 Å². The van der Waals surface area contributed by atoms with Crippen molar-refractivity contribution in [1.29, 1.82) is 0 Å². The predicted octanol–water partition coefficient (Wildman–Crippen LogP) is 2.59. The van der Waals surface area contributed by atoms with Crippen molar-refractivity contribution < 1.29 is 9.53 Å². The molecule has 0 N–H and O–H groups in total. The molecule has 0 aromatic carbocycles. The van der Waals surface area contributed by atoms with Crippen molar-refractivity contribution in [2.24, 2.45) is 5.92 Å². The summed E-state index contributed by atoms with van der Waals surface area (Å²) in [6.45, 7) is 5.40. The highest BCUT2D eigenvalue weighted by Crippen LogP contribution is 2.37. The van der Waals surface area contributed by atoms with Gasteiger partial charge in [0, 0.05) is 12.7 Å². The molecule has 19 heavy (non-hydrogen) atoms. The lowest BCUT2D eigenvalue weighted by Gasteiger charge is -2.18. The van der Waals surface area contributed by atoms with Gasteiger partial charge in [-0.3, -0.25) is 4.79 Å². The van der Waals surface area contributed by atoms with Crippen LogP contribution in [0.1, 0.15) is 13.8 Å². The van der Waals surface area contributed by atoms with Crippen molar-refractivity contribution in [3.63, 3.8) is 0 Å². The maximum absolute atomic E-state index is 11.6. The summed E-state index contributed by atoms with van der Waals surface area (Å²) in [6.07, 6.45) is 1.79. The van der Waals surface area contributed by atoms with E-state index in [2.05, 4.69) is 21.0 Å². The van der Waals surface area contributed by atoms with E-state index in [0.717, 1.165) is 11.6 Å². The molecule has 1 aromatic rings. The van der Waals surface area contributed by atoms with Crippen LogP contribution in [-0.4, -0.2) is 38.9 Å². The lowest BCUT2D eigenvalue weighted by atomic mass is 10.2. The molecule has 0 radical (unpaired) electrons. The molecule has 0 spiro atoms. The van der Waals surface area contributed by atoms with E-state index in [9.17, 15) is 4.79 Å². The first-order valence-corrected chi connectivity index (χ1v) is 8.44. The maximum Gasteiger partial charge on any atom is 0.316 e. The number of ether oxygens (including phenoxy) is 1. The molecule has 1 aliphatic rings. The van der Waals surface area contributed by atoms with Crippen molar-refractivity contribution in [3.8, 4) is 0 Å². The van der Waals surface area contributed by atoms with Crippen LogP contribution in [0.5, 0.6) is 0 Å². The second-order valence-corrected chi connectivity index (χ2v) is 7.32. The summed E-state index contributed by atoms with van der Waals surface area (Å²) < 4.78 is 7.27. The third-order valence-electron chi connectivity index (χ3n) is 2.49. The van der Waals surface area contributed by atoms with Gasteiger partial charge < -0.3 is 4.74 Å². The van der Waals surface area contributed by atoms with Crippen molar-refractivity contribution in [3.05, 3.63) is 24.4 Å². The average molecular weight is 298 g/mol. The molecule has 1 aromatic heterocycles. The Balaban J connectivity index is 2.00. The maximum atomic E-state index is 11.6. The Bertz CT molecular complexity index is 465. The normalized spacial score (nSPS) is 23.1. The van der Waals surface area contributed by atoms with Gasteiger partial charge in [-0.15, -0.1) is 0 Å². The van der Waals surface area contributed by atoms with Crippen LogP contribution in [0.25, 0.3) is 0 Å². The molecule has 0 saturated heterocycles. The molecular weight excluding hydrogens is 280 g/mol. The van der Waals surface area contributed by atoms with Crippen molar-refractivity contribution >= 4 is 34.0 Å². The van der Waals surface area contributed by atoms with E-state index in [1.807, 2.05) is 25.1 Å². The van der Waals surface area contributed by atoms with Gasteiger partial charge in [-0.1, -0.05) is 23.7 Å². The predicted molar refractivity (Wildman–Crippen MR) is 81.1 cm³/mol. The zero-order valence-corrected chi connectivity index (χ0v) is 12.7. The fourth-order valence-electron chi connectivity index (χ4n) is 1.74. The molecule has 2 unspecified atom stereocenters. The molecule has 0 amide bonds. The van der Waals surface area contributed by atoms with Crippen LogP contribution in [0.3, 0.4) is 0 Å². The number of nitrogens with zero attached hydrogens (tertiary/aromatic N) is 2. The second kappa shape index (κ2) is 7.07. The van der Waals surface area contributed by atoms with Gasteiger partial charge in [-0.05, 0) is 42.3 Å². The first-order chi connectivity index (χ1) is 9.19. The van der Waals surface area contributed by atoms with Crippen LogP contribution in [-0.2, 0) is 9.53 Å². The molecule has 6 heteroatoms. The summed E-state index contributed by atoms with van der Waals surface area (Å²) in [5.74, 6) is 0.814. The average Bonchev–Trinajstić information content (AvgIpc) is 2.71. The Kier molecular flexibility index (Phi) is 5.42. The van der Waals surface area contributed by atoms with Gasteiger partial charge >= 0.3 is 5.97 Å². The smallest absolute Gasteiger partial charge is 0.316 e. The number of hydrogen-bond donors (Lipinski definition) is 0. The van der Waals surface area contributed by atoms with Crippen molar-refractivity contribution in [2.45, 2.75) is 18.9 Å². The zero-order valence-electron chi connectivity index (χ0n) is 11.1. The fraction of sp³-hybridized carbons (Fsp3) is 0.462. The standard InChI is InChI=1S/C13H18N2O2S2/c1-3-17-13(16)10-19-9-11(2)8-15(19)18-12-6-4-5-7-14-12/h4-7,9,11H,3,8,10H2,1-2H3. The SMILES string of the molecule is CCOC(=O)CS1=CC(C)CN1Sc1ccccn1. The minimum atomic E-state index is -0.170. The number of carbonyl (C=O) groups is 1. The molecule has 0 fully saturated rings. The molecule has 0 bridgehead atoms. The summed E-state index contributed by atoms with van der Waals surface area (Å²) in [4.78, 5) is 15.9. The number of pyridine rings is 1. The minimum Gasteiger partial charge on any atom is -0.465 e. The van der Waals surface area contributed by atoms with Gasteiger partial charge in [-0.25, -0.2) is 4.98 Å². The molecule has 1 aliphatic heterocycles. The summed E-state index contributed by atoms with van der Waals surface area (Å²) in [5.41, 5.74) is 0. The summed E-state index contributed by atoms with van der Waals surface area (Å²) >= 11 is 1.62. The largest absolute Gasteiger partial charge is 0.465 e. The van der Waals surface area contributed by atoms with Crippen LogP contribution in [0.4, 0.5) is 0 Å². The fourth-order valence-corrected chi connectivity index (χ4v) is 5.18. The summed E-state index contributed by atoms with van der Waals surface area (Å²) in [7, 11) is -0.170. The minimum absolute atomic E-state index is 0.122. The Morgan fingerprint density at radius 1 is 1.63 bits per heavy atom. The number of hydrogen-bond acceptors (Lipinski definition) is 5. The number of carbonyl (C=O) groups excluding carboxylic acids is 1. The Morgan fingerprint density at radius 2 is 2.47 bits per heavy atom. The third kappa shape index (κ3) is 4.33. The summed E-state index contributed by atoms with van der Waals surface area (Å²) in [5, 5.41) is 3.21. The Morgan fingerprint density at radius 3 is 3.16 bits per heavy atom. The molecule has 0 saturated carbocycles. The van der Waals surface area contributed by atoms with E-state index < -0.39 is 0 Å². The zero-order chi connectivity index (χ0) is 13.7. The molecule has 2 rings (SSSR count). The van der Waals surface area contributed by atoms with Crippen LogP contribution in [0.15, 0.2) is 29.4 Å². The molecule has 2 atom stereocenters. The number of aromatic nitrogens is 1. The van der Waals surface area contributed by atoms with E-state index >= 15 is 0 Å². The van der Waals surface area contributed by atoms with Gasteiger partial charge in [0.15, 0.2) is 0 Å². The van der Waals surface area contributed by atoms with Gasteiger partial charge in [0.1, 0.15) is 10.8 Å².